The Kier molecular flexibility index (Phi) is 6.69. The molecule has 2 amide bonds. The lowest BCUT2D eigenvalue weighted by Gasteiger charge is -2.31. The third kappa shape index (κ3) is 5.35. The largest absolute Gasteiger partial charge is 0.493 e. The molecule has 1 heterocycles. The number of anilines is 1. The molecule has 3 rings (SSSR count). The second kappa shape index (κ2) is 9.40. The lowest BCUT2D eigenvalue weighted by Crippen LogP contribution is -2.41. The van der Waals surface area contributed by atoms with Gasteiger partial charge in [0.15, 0.2) is 0 Å². The molecule has 2 aromatic carbocycles. The lowest BCUT2D eigenvalue weighted by molar-refractivity contribution is -0.135. The van der Waals surface area contributed by atoms with Crippen molar-refractivity contribution in [2.45, 2.75) is 33.1 Å². The molecule has 0 unspecified atom stereocenters. The number of para-hydroxylation sites is 1. The number of ether oxygens (including phenoxy) is 1. The van der Waals surface area contributed by atoms with Crippen LogP contribution in [-0.4, -0.2) is 36.4 Å². The lowest BCUT2D eigenvalue weighted by atomic mass is 9.95. The molecule has 0 aromatic heterocycles. The van der Waals surface area contributed by atoms with Crippen LogP contribution in [0.25, 0.3) is 0 Å². The third-order valence-corrected chi connectivity index (χ3v) is 5.19. The summed E-state index contributed by atoms with van der Waals surface area (Å²) in [5, 5.41) is 3.04. The van der Waals surface area contributed by atoms with E-state index in [1.165, 1.54) is 5.56 Å². The van der Waals surface area contributed by atoms with E-state index in [1.807, 2.05) is 61.2 Å². The number of rotatable bonds is 6. The van der Waals surface area contributed by atoms with Gasteiger partial charge in [0.1, 0.15) is 5.75 Å². The zero-order chi connectivity index (χ0) is 19.9. The number of piperidine rings is 1. The Hall–Kier alpha value is -2.82. The van der Waals surface area contributed by atoms with Gasteiger partial charge in [0.05, 0.1) is 13.0 Å². The van der Waals surface area contributed by atoms with Gasteiger partial charge in [-0.2, -0.15) is 0 Å². The molecule has 0 radical (unpaired) electrons. The summed E-state index contributed by atoms with van der Waals surface area (Å²) in [6.07, 6.45) is 1.75. The van der Waals surface area contributed by atoms with Crippen molar-refractivity contribution in [3.05, 3.63) is 59.7 Å². The number of carbonyl (C=O) groups excluding carboxylic acids is 2. The second-order valence-electron chi connectivity index (χ2n) is 7.37. The summed E-state index contributed by atoms with van der Waals surface area (Å²) < 4.78 is 5.60. The van der Waals surface area contributed by atoms with Crippen molar-refractivity contribution in [3.8, 4) is 5.75 Å². The third-order valence-electron chi connectivity index (χ3n) is 5.19. The van der Waals surface area contributed by atoms with Crippen molar-refractivity contribution in [1.29, 1.82) is 0 Å². The molecule has 1 saturated heterocycles. The minimum absolute atomic E-state index is 0.0477. The summed E-state index contributed by atoms with van der Waals surface area (Å²) in [6, 6.07) is 15.5. The molecule has 1 N–H and O–H groups in total. The van der Waals surface area contributed by atoms with Crippen LogP contribution in [0.1, 0.15) is 30.4 Å². The highest BCUT2D eigenvalue weighted by Crippen LogP contribution is 2.22. The molecule has 5 nitrogen and oxygen atoms in total. The van der Waals surface area contributed by atoms with Gasteiger partial charge >= 0.3 is 0 Å². The molecule has 0 bridgehead atoms. The number of carbonyl (C=O) groups is 2. The molecule has 0 atom stereocenters. The van der Waals surface area contributed by atoms with Crippen LogP contribution in [0, 0.1) is 19.8 Å². The van der Waals surface area contributed by atoms with Crippen molar-refractivity contribution < 1.29 is 14.3 Å². The van der Waals surface area contributed by atoms with Crippen LogP contribution in [0.5, 0.6) is 5.75 Å². The number of aryl methyl sites for hydroxylation is 2. The monoisotopic (exact) mass is 380 g/mol. The first kappa shape index (κ1) is 19.9. The highest BCUT2D eigenvalue weighted by atomic mass is 16.5. The number of amides is 2. The fourth-order valence-electron chi connectivity index (χ4n) is 3.51. The molecule has 0 spiro atoms. The quantitative estimate of drug-likeness (QED) is 0.825. The van der Waals surface area contributed by atoms with Crippen molar-refractivity contribution >= 4 is 17.5 Å². The first-order valence-electron chi connectivity index (χ1n) is 9.86. The van der Waals surface area contributed by atoms with Crippen LogP contribution < -0.4 is 10.1 Å². The van der Waals surface area contributed by atoms with Crippen LogP contribution in [0.2, 0.25) is 0 Å². The van der Waals surface area contributed by atoms with E-state index in [9.17, 15) is 9.59 Å². The average molecular weight is 380 g/mol. The molecule has 1 fully saturated rings. The van der Waals surface area contributed by atoms with Gasteiger partial charge in [-0.25, -0.2) is 0 Å². The smallest absolute Gasteiger partial charge is 0.227 e. The van der Waals surface area contributed by atoms with Gasteiger partial charge in [-0.3, -0.25) is 9.59 Å². The fourth-order valence-corrected chi connectivity index (χ4v) is 3.51. The Balaban J connectivity index is 1.42. The van der Waals surface area contributed by atoms with Gasteiger partial charge in [-0.1, -0.05) is 35.9 Å². The second-order valence-corrected chi connectivity index (χ2v) is 7.37. The molecule has 28 heavy (non-hydrogen) atoms. The maximum Gasteiger partial charge on any atom is 0.227 e. The molecular weight excluding hydrogens is 352 g/mol. The maximum atomic E-state index is 12.6. The van der Waals surface area contributed by atoms with E-state index in [0.717, 1.165) is 17.0 Å². The zero-order valence-corrected chi connectivity index (χ0v) is 16.6. The van der Waals surface area contributed by atoms with E-state index >= 15 is 0 Å². The maximum absolute atomic E-state index is 12.6. The molecule has 148 valence electrons. The van der Waals surface area contributed by atoms with E-state index in [2.05, 4.69) is 11.4 Å². The predicted octanol–water partition coefficient (Wildman–Crippen LogP) is 3.95. The molecule has 5 heteroatoms. The first-order chi connectivity index (χ1) is 13.5. The van der Waals surface area contributed by atoms with E-state index in [-0.39, 0.29) is 17.7 Å². The SMILES string of the molecule is Cc1ccc(NC(=O)C2CCN(C(=O)CCOc3ccccc3)CC2)c(C)c1. The Morgan fingerprint density at radius 1 is 1.07 bits per heavy atom. The number of benzene rings is 2. The average Bonchev–Trinajstić information content (AvgIpc) is 2.71. The van der Waals surface area contributed by atoms with Crippen LogP contribution in [0.4, 0.5) is 5.69 Å². The first-order valence-corrected chi connectivity index (χ1v) is 9.86. The van der Waals surface area contributed by atoms with E-state index in [1.54, 1.807) is 0 Å². The summed E-state index contributed by atoms with van der Waals surface area (Å²) >= 11 is 0. The summed E-state index contributed by atoms with van der Waals surface area (Å²) in [5.41, 5.74) is 3.12. The minimum Gasteiger partial charge on any atom is -0.493 e. The summed E-state index contributed by atoms with van der Waals surface area (Å²) in [6.45, 7) is 5.65. The molecule has 1 aliphatic heterocycles. The number of nitrogens with zero attached hydrogens (tertiary/aromatic N) is 1. The number of hydrogen-bond acceptors (Lipinski definition) is 3. The van der Waals surface area contributed by atoms with Crippen LogP contribution in [0.3, 0.4) is 0 Å². The fraction of sp³-hybridized carbons (Fsp3) is 0.391. The topological polar surface area (TPSA) is 58.6 Å². The van der Waals surface area contributed by atoms with Gasteiger partial charge in [0.25, 0.3) is 0 Å². The van der Waals surface area contributed by atoms with Gasteiger partial charge in [0, 0.05) is 24.7 Å². The Morgan fingerprint density at radius 3 is 2.46 bits per heavy atom. The number of nitrogens with one attached hydrogen (secondary N) is 1. The normalized spacial score (nSPS) is 14.6. The van der Waals surface area contributed by atoms with Crippen LogP contribution in [0.15, 0.2) is 48.5 Å². The van der Waals surface area contributed by atoms with Crippen LogP contribution in [-0.2, 0) is 9.59 Å². The Labute approximate surface area is 166 Å². The van der Waals surface area contributed by atoms with Crippen molar-refractivity contribution in [2.24, 2.45) is 5.92 Å². The van der Waals surface area contributed by atoms with E-state index in [4.69, 9.17) is 4.74 Å². The standard InChI is InChI=1S/C23H28N2O3/c1-17-8-9-21(18(2)16-17)24-23(27)19-10-13-25(14-11-19)22(26)12-15-28-20-6-4-3-5-7-20/h3-9,16,19H,10-15H2,1-2H3,(H,24,27). The Morgan fingerprint density at radius 2 is 1.79 bits per heavy atom. The Bertz CT molecular complexity index is 812. The highest BCUT2D eigenvalue weighted by molar-refractivity contribution is 5.93. The number of hydrogen-bond donors (Lipinski definition) is 1. The van der Waals surface area contributed by atoms with E-state index in [0.29, 0.717) is 39.0 Å². The van der Waals surface area contributed by atoms with E-state index < -0.39 is 0 Å². The van der Waals surface area contributed by atoms with Crippen molar-refractivity contribution in [1.82, 2.24) is 4.90 Å². The van der Waals surface area contributed by atoms with Gasteiger partial charge in [0.2, 0.25) is 11.8 Å². The summed E-state index contributed by atoms with van der Waals surface area (Å²) in [5.74, 6) is 0.859. The van der Waals surface area contributed by atoms with Gasteiger partial charge in [-0.05, 0) is 50.5 Å². The van der Waals surface area contributed by atoms with Crippen molar-refractivity contribution in [2.75, 3.05) is 25.0 Å². The highest BCUT2D eigenvalue weighted by Gasteiger charge is 2.27. The van der Waals surface area contributed by atoms with Gasteiger partial charge in [-0.15, -0.1) is 0 Å². The van der Waals surface area contributed by atoms with Gasteiger partial charge < -0.3 is 15.0 Å². The summed E-state index contributed by atoms with van der Waals surface area (Å²) in [7, 11) is 0. The summed E-state index contributed by atoms with van der Waals surface area (Å²) in [4.78, 5) is 26.8. The number of likely N-dealkylation sites (tertiary alicyclic amines) is 1. The molecule has 0 saturated carbocycles. The predicted molar refractivity (Wildman–Crippen MR) is 110 cm³/mol. The van der Waals surface area contributed by atoms with Crippen molar-refractivity contribution in [3.63, 3.8) is 0 Å². The molecule has 2 aromatic rings. The molecular formula is C23H28N2O3. The molecule has 1 aliphatic rings. The zero-order valence-electron chi connectivity index (χ0n) is 16.6. The van der Waals surface area contributed by atoms with Crippen LogP contribution >= 0.6 is 0 Å². The minimum atomic E-state index is -0.0506. The molecule has 0 aliphatic carbocycles.